The molecule has 5 heteroatoms. The molecule has 27 heavy (non-hydrogen) atoms. The highest BCUT2D eigenvalue weighted by Gasteiger charge is 2.29. The predicted molar refractivity (Wildman–Crippen MR) is 114 cm³/mol. The summed E-state index contributed by atoms with van der Waals surface area (Å²) in [6.07, 6.45) is 4.34. The second kappa shape index (κ2) is 11.0. The van der Waals surface area contributed by atoms with Gasteiger partial charge >= 0.3 is 0 Å². The summed E-state index contributed by atoms with van der Waals surface area (Å²) in [5.41, 5.74) is 1.37. The lowest BCUT2D eigenvalue weighted by atomic mass is 9.85. The lowest BCUT2D eigenvalue weighted by Gasteiger charge is -2.29. The van der Waals surface area contributed by atoms with Crippen molar-refractivity contribution in [3.05, 3.63) is 35.9 Å². The maximum atomic E-state index is 12.5. The van der Waals surface area contributed by atoms with Crippen molar-refractivity contribution >= 4 is 18.3 Å². The van der Waals surface area contributed by atoms with E-state index in [0.29, 0.717) is 24.2 Å². The minimum absolute atomic E-state index is 0. The molecule has 0 bridgehead atoms. The van der Waals surface area contributed by atoms with Crippen LogP contribution in [-0.2, 0) is 11.3 Å². The number of carbonyl (C=O) groups is 1. The van der Waals surface area contributed by atoms with E-state index < -0.39 is 0 Å². The SMILES string of the molecule is CC(CC(=O)NC(C)C1CCN(Cc2ccccc2)C1)C1CCCNC1.Cl. The van der Waals surface area contributed by atoms with E-state index in [9.17, 15) is 4.79 Å². The molecule has 152 valence electrons. The first-order valence-corrected chi connectivity index (χ1v) is 10.4. The summed E-state index contributed by atoms with van der Waals surface area (Å²) in [5, 5.41) is 6.75. The van der Waals surface area contributed by atoms with Crippen LogP contribution in [0.1, 0.15) is 45.1 Å². The van der Waals surface area contributed by atoms with Crippen molar-refractivity contribution in [1.82, 2.24) is 15.5 Å². The van der Waals surface area contributed by atoms with E-state index in [1.807, 2.05) is 0 Å². The fourth-order valence-electron chi connectivity index (χ4n) is 4.51. The lowest BCUT2D eigenvalue weighted by Crippen LogP contribution is -2.41. The molecule has 3 rings (SSSR count). The Kier molecular flexibility index (Phi) is 9.07. The average Bonchev–Trinajstić information content (AvgIpc) is 3.12. The Morgan fingerprint density at radius 3 is 2.70 bits per heavy atom. The van der Waals surface area contributed by atoms with E-state index in [4.69, 9.17) is 0 Å². The van der Waals surface area contributed by atoms with E-state index in [-0.39, 0.29) is 24.4 Å². The number of piperidine rings is 1. The van der Waals surface area contributed by atoms with E-state index in [0.717, 1.165) is 32.7 Å². The van der Waals surface area contributed by atoms with Gasteiger partial charge in [0.25, 0.3) is 0 Å². The molecular weight excluding hydrogens is 358 g/mol. The first kappa shape index (κ1) is 22.2. The fraction of sp³-hybridized carbons (Fsp3) is 0.682. The molecule has 0 saturated carbocycles. The number of benzene rings is 1. The van der Waals surface area contributed by atoms with Gasteiger partial charge in [-0.25, -0.2) is 0 Å². The van der Waals surface area contributed by atoms with Gasteiger partial charge in [0.2, 0.25) is 5.91 Å². The quantitative estimate of drug-likeness (QED) is 0.745. The van der Waals surface area contributed by atoms with Gasteiger partial charge in [-0.1, -0.05) is 37.3 Å². The van der Waals surface area contributed by atoms with Crippen LogP contribution < -0.4 is 10.6 Å². The zero-order chi connectivity index (χ0) is 18.4. The molecule has 4 unspecified atom stereocenters. The van der Waals surface area contributed by atoms with Crippen LogP contribution in [0.15, 0.2) is 30.3 Å². The summed E-state index contributed by atoms with van der Waals surface area (Å²) in [6.45, 7) is 9.85. The number of rotatable bonds is 7. The fourth-order valence-corrected chi connectivity index (χ4v) is 4.51. The molecule has 2 heterocycles. The van der Waals surface area contributed by atoms with E-state index in [1.165, 1.54) is 24.8 Å². The first-order chi connectivity index (χ1) is 12.6. The van der Waals surface area contributed by atoms with Crippen LogP contribution >= 0.6 is 12.4 Å². The zero-order valence-corrected chi connectivity index (χ0v) is 17.6. The number of nitrogens with one attached hydrogen (secondary N) is 2. The molecule has 4 atom stereocenters. The molecule has 0 aromatic heterocycles. The summed E-state index contributed by atoms with van der Waals surface area (Å²) >= 11 is 0. The minimum Gasteiger partial charge on any atom is -0.353 e. The lowest BCUT2D eigenvalue weighted by molar-refractivity contribution is -0.123. The Balaban J connectivity index is 0.00000261. The third-order valence-corrected chi connectivity index (χ3v) is 6.30. The van der Waals surface area contributed by atoms with Gasteiger partial charge < -0.3 is 10.6 Å². The van der Waals surface area contributed by atoms with Crippen molar-refractivity contribution < 1.29 is 4.79 Å². The second-order valence-electron chi connectivity index (χ2n) is 8.41. The van der Waals surface area contributed by atoms with Gasteiger partial charge in [0.15, 0.2) is 0 Å². The summed E-state index contributed by atoms with van der Waals surface area (Å²) in [7, 11) is 0. The normalized spacial score (nSPS) is 25.4. The van der Waals surface area contributed by atoms with Crippen LogP contribution in [0, 0.1) is 17.8 Å². The highest BCUT2D eigenvalue weighted by atomic mass is 35.5. The van der Waals surface area contributed by atoms with Gasteiger partial charge in [0.05, 0.1) is 0 Å². The van der Waals surface area contributed by atoms with Crippen molar-refractivity contribution in [1.29, 1.82) is 0 Å². The number of carbonyl (C=O) groups excluding carboxylic acids is 1. The third-order valence-electron chi connectivity index (χ3n) is 6.30. The molecular formula is C22H36ClN3O. The number of nitrogens with zero attached hydrogens (tertiary/aromatic N) is 1. The molecule has 2 N–H and O–H groups in total. The monoisotopic (exact) mass is 393 g/mol. The Morgan fingerprint density at radius 2 is 2.00 bits per heavy atom. The highest BCUT2D eigenvalue weighted by Crippen LogP contribution is 2.24. The largest absolute Gasteiger partial charge is 0.353 e. The van der Waals surface area contributed by atoms with Gasteiger partial charge in [0.1, 0.15) is 0 Å². The summed E-state index contributed by atoms with van der Waals surface area (Å²) in [4.78, 5) is 15.0. The maximum absolute atomic E-state index is 12.5. The van der Waals surface area contributed by atoms with Crippen LogP contribution in [-0.4, -0.2) is 43.0 Å². The maximum Gasteiger partial charge on any atom is 0.220 e. The van der Waals surface area contributed by atoms with Crippen LogP contribution in [0.2, 0.25) is 0 Å². The molecule has 1 amide bonds. The van der Waals surface area contributed by atoms with Gasteiger partial charge in [-0.05, 0) is 69.1 Å². The molecule has 2 saturated heterocycles. The molecule has 2 fully saturated rings. The van der Waals surface area contributed by atoms with Gasteiger partial charge in [0, 0.05) is 25.6 Å². The highest BCUT2D eigenvalue weighted by molar-refractivity contribution is 5.85. The van der Waals surface area contributed by atoms with Crippen molar-refractivity contribution in [3.63, 3.8) is 0 Å². The molecule has 0 aliphatic carbocycles. The topological polar surface area (TPSA) is 44.4 Å². The zero-order valence-electron chi connectivity index (χ0n) is 16.8. The molecule has 4 nitrogen and oxygen atoms in total. The summed E-state index contributed by atoms with van der Waals surface area (Å²) in [5.74, 6) is 1.91. The molecule has 0 radical (unpaired) electrons. The van der Waals surface area contributed by atoms with E-state index in [1.54, 1.807) is 0 Å². The minimum atomic E-state index is 0. The van der Waals surface area contributed by atoms with Gasteiger partial charge in [-0.2, -0.15) is 0 Å². The number of likely N-dealkylation sites (tertiary alicyclic amines) is 1. The molecule has 2 aliphatic heterocycles. The van der Waals surface area contributed by atoms with Crippen molar-refractivity contribution in [3.8, 4) is 0 Å². The van der Waals surface area contributed by atoms with Gasteiger partial charge in [-0.15, -0.1) is 12.4 Å². The average molecular weight is 394 g/mol. The Bertz CT molecular complexity index is 562. The van der Waals surface area contributed by atoms with Gasteiger partial charge in [-0.3, -0.25) is 9.69 Å². The molecule has 1 aromatic carbocycles. The predicted octanol–water partition coefficient (Wildman–Crippen LogP) is 3.46. The Hall–Kier alpha value is -1.10. The van der Waals surface area contributed by atoms with Crippen molar-refractivity contribution in [2.75, 3.05) is 26.2 Å². The number of amides is 1. The Labute approximate surface area is 170 Å². The number of halogens is 1. The Morgan fingerprint density at radius 1 is 1.22 bits per heavy atom. The van der Waals surface area contributed by atoms with Crippen LogP contribution in [0.3, 0.4) is 0 Å². The smallest absolute Gasteiger partial charge is 0.220 e. The van der Waals surface area contributed by atoms with Crippen molar-refractivity contribution in [2.24, 2.45) is 17.8 Å². The van der Waals surface area contributed by atoms with Crippen LogP contribution in [0.4, 0.5) is 0 Å². The standard InChI is InChI=1S/C22H35N3O.ClH/c1-17(20-9-6-11-23-14-20)13-22(26)24-18(2)21-10-12-25(16-21)15-19-7-4-3-5-8-19;/h3-5,7-8,17-18,20-21,23H,6,9-16H2,1-2H3,(H,24,26);1H. The molecule has 2 aliphatic rings. The summed E-state index contributed by atoms with van der Waals surface area (Å²) in [6, 6.07) is 10.9. The molecule has 0 spiro atoms. The first-order valence-electron chi connectivity index (χ1n) is 10.4. The van der Waals surface area contributed by atoms with Crippen molar-refractivity contribution in [2.45, 2.75) is 52.1 Å². The van der Waals surface area contributed by atoms with Crippen LogP contribution in [0.25, 0.3) is 0 Å². The second-order valence-corrected chi connectivity index (χ2v) is 8.41. The van der Waals surface area contributed by atoms with E-state index in [2.05, 4.69) is 59.7 Å². The number of hydrogen-bond acceptors (Lipinski definition) is 3. The summed E-state index contributed by atoms with van der Waals surface area (Å²) < 4.78 is 0. The molecule has 1 aromatic rings. The third kappa shape index (κ3) is 6.78. The van der Waals surface area contributed by atoms with E-state index >= 15 is 0 Å². The number of hydrogen-bond donors (Lipinski definition) is 2. The van der Waals surface area contributed by atoms with Crippen LogP contribution in [0.5, 0.6) is 0 Å².